The number of carbonyl (C=O) groups is 7. The Morgan fingerprint density at radius 2 is 1.31 bits per heavy atom. The van der Waals surface area contributed by atoms with Crippen LogP contribution in [0.2, 0.25) is 0 Å². The molecule has 4 N–H and O–H groups in total. The fraction of sp³-hybridized carbons (Fsp3) is 0.649. The number of amides is 3. The van der Waals surface area contributed by atoms with E-state index in [4.69, 9.17) is 52.2 Å². The summed E-state index contributed by atoms with van der Waals surface area (Å²) in [7, 11) is 1.04. The molecule has 2 rings (SSSR count). The van der Waals surface area contributed by atoms with Crippen LogP contribution in [-0.2, 0) is 82.8 Å². The zero-order chi connectivity index (χ0) is 44.0. The molecule has 1 aromatic rings. The maximum Gasteiger partial charge on any atom is 0.431 e. The van der Waals surface area contributed by atoms with Crippen molar-refractivity contribution >= 4 is 47.5 Å². The number of benzene rings is 1. The van der Waals surface area contributed by atoms with Gasteiger partial charge in [-0.3, -0.25) is 28.8 Å². The molecule has 1 aliphatic heterocycles. The number of hydroxylamine groups is 1. The monoisotopic (exact) mass is 845 g/mol. The average molecular weight is 846 g/mol. The van der Waals surface area contributed by atoms with E-state index in [1.807, 2.05) is 0 Å². The Kier molecular flexibility index (Phi) is 22.1. The Balaban J connectivity index is 1.78. The van der Waals surface area contributed by atoms with Gasteiger partial charge in [-0.15, -0.1) is 0 Å². The molecule has 1 saturated heterocycles. The van der Waals surface area contributed by atoms with E-state index in [0.717, 1.165) is 27.9 Å². The van der Waals surface area contributed by atoms with E-state index in [-0.39, 0.29) is 68.7 Å². The number of esters is 4. The summed E-state index contributed by atoms with van der Waals surface area (Å²) in [5.74, 6) is -4.55. The van der Waals surface area contributed by atoms with Crippen molar-refractivity contribution < 1.29 is 90.9 Å². The van der Waals surface area contributed by atoms with Crippen molar-refractivity contribution in [3.05, 3.63) is 23.8 Å². The van der Waals surface area contributed by atoms with E-state index in [1.54, 1.807) is 20.8 Å². The van der Waals surface area contributed by atoms with Crippen LogP contribution in [0.3, 0.4) is 0 Å². The number of methoxy groups -OCH3 is 1. The van der Waals surface area contributed by atoms with E-state index in [9.17, 15) is 38.7 Å². The van der Waals surface area contributed by atoms with Crippen LogP contribution in [0.5, 0.6) is 5.75 Å². The van der Waals surface area contributed by atoms with Gasteiger partial charge in [-0.25, -0.2) is 9.59 Å². The maximum absolute atomic E-state index is 12.7. The van der Waals surface area contributed by atoms with Crippen molar-refractivity contribution in [1.82, 2.24) is 10.8 Å². The van der Waals surface area contributed by atoms with Gasteiger partial charge in [0.15, 0.2) is 18.3 Å². The summed E-state index contributed by atoms with van der Waals surface area (Å²) >= 11 is 0. The van der Waals surface area contributed by atoms with Gasteiger partial charge in [-0.1, -0.05) is 0 Å². The van der Waals surface area contributed by atoms with Crippen molar-refractivity contribution in [3.8, 4) is 5.75 Å². The molecule has 332 valence electrons. The molecular weight excluding hydrogens is 790 g/mol. The van der Waals surface area contributed by atoms with Crippen molar-refractivity contribution in [2.75, 3.05) is 65.2 Å². The van der Waals surface area contributed by atoms with Crippen LogP contribution < -0.4 is 20.9 Å². The number of ether oxygens (including phenoxy) is 10. The maximum atomic E-state index is 12.7. The smallest absolute Gasteiger partial charge is 0.431 e. The van der Waals surface area contributed by atoms with E-state index < -0.39 is 78.8 Å². The van der Waals surface area contributed by atoms with Crippen LogP contribution in [0.4, 0.5) is 10.5 Å². The topological polar surface area (TPSA) is 277 Å². The number of hydrogen-bond donors (Lipinski definition) is 4. The van der Waals surface area contributed by atoms with Crippen molar-refractivity contribution in [2.45, 2.75) is 97.3 Å². The number of carbonyl (C=O) groups excluding carboxylic acids is 7. The highest BCUT2D eigenvalue weighted by molar-refractivity contribution is 5.93. The first kappa shape index (κ1) is 50.0. The van der Waals surface area contributed by atoms with Gasteiger partial charge < -0.3 is 63.1 Å². The van der Waals surface area contributed by atoms with Crippen molar-refractivity contribution in [3.63, 3.8) is 0 Å². The zero-order valence-electron chi connectivity index (χ0n) is 34.2. The van der Waals surface area contributed by atoms with Gasteiger partial charge in [-0.05, 0) is 39.0 Å². The molecule has 0 aromatic heterocycles. The Morgan fingerprint density at radius 3 is 1.88 bits per heavy atom. The van der Waals surface area contributed by atoms with Crippen molar-refractivity contribution in [1.29, 1.82) is 0 Å². The fourth-order valence-electron chi connectivity index (χ4n) is 5.05. The molecule has 5 atom stereocenters. The van der Waals surface area contributed by atoms with Crippen LogP contribution >= 0.6 is 0 Å². The summed E-state index contributed by atoms with van der Waals surface area (Å²) in [6, 6.07) is 4.13. The molecule has 1 aliphatic rings. The highest BCUT2D eigenvalue weighted by Gasteiger charge is 2.56. The van der Waals surface area contributed by atoms with Crippen LogP contribution in [0.15, 0.2) is 18.2 Å². The minimum atomic E-state index is -1.69. The lowest BCUT2D eigenvalue weighted by molar-refractivity contribution is -0.282. The largest absolute Gasteiger partial charge is 0.467 e. The van der Waals surface area contributed by atoms with Crippen molar-refractivity contribution in [2.24, 2.45) is 0 Å². The summed E-state index contributed by atoms with van der Waals surface area (Å²) in [5, 5.41) is 15.4. The molecule has 1 fully saturated rings. The van der Waals surface area contributed by atoms with Gasteiger partial charge in [-0.2, -0.15) is 5.48 Å². The second-order valence-electron chi connectivity index (χ2n) is 13.5. The SMILES string of the molecule is COC(=O)C1OC(Oc2ccc(NC(=O)CCC(=O)NCCOCCOCCOCCONC(=O)OC(C)(C)C)cc2CO)C(OC(C)=O)C(OC(C)=O)[C@H]1OC(C)=O. The van der Waals surface area contributed by atoms with E-state index >= 15 is 0 Å². The van der Waals surface area contributed by atoms with Gasteiger partial charge in [0, 0.05) is 51.4 Å². The number of aliphatic hydroxyl groups excluding tert-OH is 1. The second-order valence-corrected chi connectivity index (χ2v) is 13.5. The summed E-state index contributed by atoms with van der Waals surface area (Å²) in [4.78, 5) is 90.0. The van der Waals surface area contributed by atoms with E-state index in [0.29, 0.717) is 19.8 Å². The van der Waals surface area contributed by atoms with Crippen LogP contribution in [0, 0.1) is 0 Å². The van der Waals surface area contributed by atoms with Gasteiger partial charge in [0.25, 0.3) is 0 Å². The number of hydrogen-bond acceptors (Lipinski definition) is 19. The number of rotatable bonds is 24. The molecule has 22 heteroatoms. The first-order valence-electron chi connectivity index (χ1n) is 18.5. The first-order chi connectivity index (χ1) is 27.9. The zero-order valence-corrected chi connectivity index (χ0v) is 34.2. The molecule has 0 aliphatic carbocycles. The molecule has 59 heavy (non-hydrogen) atoms. The minimum absolute atomic E-state index is 0.0420. The average Bonchev–Trinajstić information content (AvgIpc) is 3.15. The minimum Gasteiger partial charge on any atom is -0.467 e. The normalized spacial score (nSPS) is 18.7. The second kappa shape index (κ2) is 26.1. The Morgan fingerprint density at radius 1 is 0.746 bits per heavy atom. The third kappa shape index (κ3) is 19.9. The van der Waals surface area contributed by atoms with Gasteiger partial charge in [0.05, 0.1) is 60.0 Å². The molecule has 0 bridgehead atoms. The summed E-state index contributed by atoms with van der Waals surface area (Å²) in [6.45, 7) is 9.71. The fourth-order valence-corrected chi connectivity index (χ4v) is 5.05. The van der Waals surface area contributed by atoms with E-state index in [2.05, 4.69) is 16.1 Å². The quantitative estimate of drug-likeness (QED) is 0.0480. The molecule has 0 saturated carbocycles. The van der Waals surface area contributed by atoms with Gasteiger partial charge in [0.1, 0.15) is 11.4 Å². The molecule has 1 heterocycles. The number of anilines is 1. The molecule has 0 radical (unpaired) electrons. The van der Waals surface area contributed by atoms with Gasteiger partial charge >= 0.3 is 30.0 Å². The van der Waals surface area contributed by atoms with E-state index in [1.165, 1.54) is 18.2 Å². The summed E-state index contributed by atoms with van der Waals surface area (Å²) in [5.41, 5.74) is 1.87. The Labute approximate surface area is 341 Å². The number of nitrogens with one attached hydrogen (secondary N) is 3. The van der Waals surface area contributed by atoms with Gasteiger partial charge in [0.2, 0.25) is 24.2 Å². The van der Waals surface area contributed by atoms with Crippen LogP contribution in [0.25, 0.3) is 0 Å². The lowest BCUT2D eigenvalue weighted by Gasteiger charge is -2.43. The molecule has 22 nitrogen and oxygen atoms in total. The summed E-state index contributed by atoms with van der Waals surface area (Å²) in [6.07, 6.45) is -9.11. The third-order valence-electron chi connectivity index (χ3n) is 7.37. The molecule has 1 aromatic carbocycles. The first-order valence-corrected chi connectivity index (χ1v) is 18.5. The molecule has 3 amide bonds. The highest BCUT2D eigenvalue weighted by Crippen LogP contribution is 2.33. The molecule has 4 unspecified atom stereocenters. The predicted octanol–water partition coefficient (Wildman–Crippen LogP) is 0.592. The summed E-state index contributed by atoms with van der Waals surface area (Å²) < 4.78 is 53.5. The van der Waals surface area contributed by atoms with Crippen LogP contribution in [-0.4, -0.2) is 143 Å². The molecule has 0 spiro atoms. The Bertz CT molecular complexity index is 1550. The van der Waals surface area contributed by atoms with Crippen LogP contribution in [0.1, 0.15) is 59.9 Å². The lowest BCUT2D eigenvalue weighted by atomic mass is 9.97. The Hall–Kier alpha value is -5.13. The standard InChI is InChI=1S/C37H55N3O19/c1-22(42)54-30-31(55-23(2)43)33(56-24(3)44)35(58-32(30)34(47)49-7)57-27-9-8-26(20-25(27)21-41)39-29(46)11-10-28(45)38-12-13-50-14-15-51-16-17-52-18-19-53-40-36(48)59-37(4,5)6/h8-9,20,30-33,35,41H,10-19,21H2,1-7H3,(H,38,45)(H,39,46)(H,40,48)/t30-,31?,32?,33?,35?/m1/s1. The number of aliphatic hydroxyl groups is 1. The third-order valence-corrected chi connectivity index (χ3v) is 7.37. The highest BCUT2D eigenvalue weighted by atomic mass is 16.7. The lowest BCUT2D eigenvalue weighted by Crippen LogP contribution is -2.64. The molecular formula is C37H55N3O19. The predicted molar refractivity (Wildman–Crippen MR) is 199 cm³/mol.